The number of carbonyl (C=O) groups is 2. The van der Waals surface area contributed by atoms with Crippen molar-refractivity contribution < 1.29 is 66.7 Å². The van der Waals surface area contributed by atoms with Gasteiger partial charge >= 0.3 is 30.1 Å². The summed E-state index contributed by atoms with van der Waals surface area (Å²) < 4.78 is 176. The van der Waals surface area contributed by atoms with Gasteiger partial charge in [0.2, 0.25) is 0 Å². The number of halogens is 14. The zero-order valence-corrected chi connectivity index (χ0v) is 23.5. The molecule has 238 valence electrons. The van der Waals surface area contributed by atoms with Crippen LogP contribution in [0.2, 0.25) is 0 Å². The molecule has 1 N–H and O–H groups in total. The molecular weight excluding hydrogens is 746 g/mol. The fourth-order valence-corrected chi connectivity index (χ4v) is 4.61. The molecule has 0 aliphatic carbocycles. The van der Waals surface area contributed by atoms with E-state index >= 15 is 0 Å². The van der Waals surface area contributed by atoms with E-state index in [-0.39, 0.29) is 17.3 Å². The molecule has 0 heterocycles. The largest absolute Gasteiger partial charge is 0.457 e. The fourth-order valence-electron chi connectivity index (χ4n) is 3.85. The van der Waals surface area contributed by atoms with E-state index < -0.39 is 79.8 Å². The summed E-state index contributed by atoms with van der Waals surface area (Å²) in [6.45, 7) is 0. The first kappa shape index (κ1) is 34.9. The molecule has 0 bridgehead atoms. The Bertz CT molecular complexity index is 1590. The number of amides is 2. The van der Waals surface area contributed by atoms with Gasteiger partial charge in [0.1, 0.15) is 5.82 Å². The van der Waals surface area contributed by atoms with Gasteiger partial charge in [-0.15, -0.1) is 0 Å². The van der Waals surface area contributed by atoms with Crippen molar-refractivity contribution in [3.05, 3.63) is 92.3 Å². The van der Waals surface area contributed by atoms with E-state index in [1.807, 2.05) is 0 Å². The summed E-state index contributed by atoms with van der Waals surface area (Å²) in [5, 5.41) is 1.69. The fraction of sp³-hybridized carbons (Fsp3) is 0.231. The lowest BCUT2D eigenvalue weighted by Gasteiger charge is -2.36. The van der Waals surface area contributed by atoms with Crippen LogP contribution in [0, 0.1) is 9.39 Å². The summed E-state index contributed by atoms with van der Waals surface area (Å²) in [5.41, 5.74) is -13.8. The van der Waals surface area contributed by atoms with Crippen LogP contribution in [-0.2, 0) is 11.8 Å². The molecule has 3 aromatic rings. The lowest BCUT2D eigenvalue weighted by Crippen LogP contribution is -2.59. The number of anilines is 2. The van der Waals surface area contributed by atoms with Gasteiger partial charge in [-0.3, -0.25) is 9.59 Å². The molecule has 0 aliphatic rings. The van der Waals surface area contributed by atoms with E-state index in [0.717, 1.165) is 51.8 Å². The maximum atomic E-state index is 14.9. The molecule has 2 amide bonds. The Hall–Kier alpha value is -3.58. The highest BCUT2D eigenvalue weighted by Crippen LogP contribution is 2.59. The van der Waals surface area contributed by atoms with Crippen molar-refractivity contribution in [3.63, 3.8) is 0 Å². The van der Waals surface area contributed by atoms with Crippen LogP contribution in [0.25, 0.3) is 0 Å². The maximum absolute atomic E-state index is 14.9. The monoisotopic (exact) mass is 760 g/mol. The first-order valence-corrected chi connectivity index (χ1v) is 12.6. The van der Waals surface area contributed by atoms with Gasteiger partial charge in [0, 0.05) is 33.0 Å². The molecule has 0 aliphatic heterocycles. The summed E-state index contributed by atoms with van der Waals surface area (Å²) in [6.07, 6.45) is -20.0. The van der Waals surface area contributed by atoms with Crippen LogP contribution in [-0.4, -0.2) is 37.1 Å². The van der Waals surface area contributed by atoms with Crippen LogP contribution in [0.4, 0.5) is 68.5 Å². The van der Waals surface area contributed by atoms with Crippen LogP contribution in [0.15, 0.2) is 60.7 Å². The highest BCUT2D eigenvalue weighted by molar-refractivity contribution is 14.1. The Morgan fingerprint density at radius 1 is 0.750 bits per heavy atom. The van der Waals surface area contributed by atoms with Crippen molar-refractivity contribution in [3.8, 4) is 0 Å². The second-order valence-corrected chi connectivity index (χ2v) is 10.1. The van der Waals surface area contributed by atoms with Crippen LogP contribution >= 0.6 is 22.6 Å². The van der Waals surface area contributed by atoms with Gasteiger partial charge in [0.05, 0.1) is 11.3 Å². The smallest absolute Gasteiger partial charge is 0.320 e. The quantitative estimate of drug-likeness (QED) is 0.202. The Kier molecular flexibility index (Phi) is 9.31. The molecule has 18 heteroatoms. The van der Waals surface area contributed by atoms with E-state index in [9.17, 15) is 66.7 Å². The third-order valence-corrected chi connectivity index (χ3v) is 6.93. The number of nitrogens with zero attached hydrogens (tertiary/aromatic N) is 1. The number of rotatable bonds is 6. The molecule has 3 rings (SSSR count). The average Bonchev–Trinajstić information content (AvgIpc) is 2.90. The Morgan fingerprint density at radius 3 is 1.84 bits per heavy atom. The summed E-state index contributed by atoms with van der Waals surface area (Å²) in [7, 11) is 1.20. The van der Waals surface area contributed by atoms with Gasteiger partial charge in [0.15, 0.2) is 0 Å². The van der Waals surface area contributed by atoms with Crippen LogP contribution in [0.3, 0.4) is 0 Å². The summed E-state index contributed by atoms with van der Waals surface area (Å²) >= 11 is 0.798. The highest BCUT2D eigenvalue weighted by Gasteiger charge is 2.82. The number of alkyl halides is 12. The lowest BCUT2D eigenvalue weighted by atomic mass is 9.86. The highest BCUT2D eigenvalue weighted by atomic mass is 127. The molecule has 3 aromatic carbocycles. The molecule has 1 unspecified atom stereocenters. The Balaban J connectivity index is 2.08. The molecule has 4 nitrogen and oxygen atoms in total. The van der Waals surface area contributed by atoms with E-state index in [1.165, 1.54) is 31.3 Å². The number of nitrogens with one attached hydrogen (secondary N) is 1. The molecule has 1 atom stereocenters. The minimum Gasteiger partial charge on any atom is -0.320 e. The first-order chi connectivity index (χ1) is 19.9. The Morgan fingerprint density at radius 2 is 1.32 bits per heavy atom. The van der Waals surface area contributed by atoms with E-state index in [1.54, 1.807) is 5.32 Å². The van der Waals surface area contributed by atoms with Crippen molar-refractivity contribution in [1.82, 2.24) is 0 Å². The molecule has 0 saturated heterocycles. The lowest BCUT2D eigenvalue weighted by molar-refractivity contribution is -0.389. The maximum Gasteiger partial charge on any atom is 0.457 e. The number of hydrogen-bond donors (Lipinski definition) is 1. The van der Waals surface area contributed by atoms with Gasteiger partial charge in [-0.25, -0.2) is 8.78 Å². The van der Waals surface area contributed by atoms with Gasteiger partial charge in [-0.2, -0.15) is 48.3 Å². The molecular formula is C26H14F13IN2O2. The average molecular weight is 760 g/mol. The summed E-state index contributed by atoms with van der Waals surface area (Å²) in [6, 6.07) is 7.65. The third kappa shape index (κ3) is 6.44. The SMILES string of the molecule is CN(C(=O)c1cccc(F)c1)c1cccc(C(=O)Nc2c(I)cc(C(F)(C(F)(F)F)C(F)(F)C(F)(F)F)cc2C(F)(F)F)c1. The van der Waals surface area contributed by atoms with E-state index in [2.05, 4.69) is 0 Å². The van der Waals surface area contributed by atoms with Gasteiger partial charge in [0.25, 0.3) is 11.8 Å². The second kappa shape index (κ2) is 11.7. The first-order valence-electron chi connectivity index (χ1n) is 11.5. The zero-order chi connectivity index (χ0) is 33.6. The topological polar surface area (TPSA) is 49.4 Å². The van der Waals surface area contributed by atoms with Crippen molar-refractivity contribution >= 4 is 45.8 Å². The van der Waals surface area contributed by atoms with Crippen molar-refractivity contribution in [2.75, 3.05) is 17.3 Å². The second-order valence-electron chi connectivity index (χ2n) is 8.99. The van der Waals surface area contributed by atoms with Gasteiger partial charge in [-0.05, 0) is 71.1 Å². The van der Waals surface area contributed by atoms with E-state index in [4.69, 9.17) is 0 Å². The predicted molar refractivity (Wildman–Crippen MR) is 138 cm³/mol. The number of carbonyl (C=O) groups excluding carboxylic acids is 2. The van der Waals surface area contributed by atoms with Crippen molar-refractivity contribution in [2.24, 2.45) is 0 Å². The predicted octanol–water partition coefficient (Wildman–Crippen LogP) is 8.90. The van der Waals surface area contributed by atoms with Crippen molar-refractivity contribution in [2.45, 2.75) is 30.1 Å². The molecule has 44 heavy (non-hydrogen) atoms. The van der Waals surface area contributed by atoms with Crippen LogP contribution in [0.1, 0.15) is 31.8 Å². The standard InChI is InChI=1S/C26H14F13IN2O2/c1-42(21(44)13-5-2-6-15(27)8-13)16-7-3-4-12(9-16)20(43)41-19-17(23(29,30)31)10-14(11-18(19)40)22(28,25(34,35)36)24(32,33)26(37,38)39/h2-11H,1H3,(H,41,43). The molecule has 0 aromatic heterocycles. The van der Waals surface area contributed by atoms with Crippen LogP contribution in [0.5, 0.6) is 0 Å². The molecule has 0 saturated carbocycles. The van der Waals surface area contributed by atoms with Crippen LogP contribution < -0.4 is 10.2 Å². The Labute approximate surface area is 252 Å². The minimum atomic E-state index is -7.23. The summed E-state index contributed by atoms with van der Waals surface area (Å²) in [4.78, 5) is 26.5. The van der Waals surface area contributed by atoms with Gasteiger partial charge < -0.3 is 10.2 Å². The normalized spacial score (nSPS) is 14.2. The molecule has 0 fully saturated rings. The molecule has 0 spiro atoms. The summed E-state index contributed by atoms with van der Waals surface area (Å²) in [5.74, 6) is -10.2. The van der Waals surface area contributed by atoms with Gasteiger partial charge in [-0.1, -0.05) is 12.1 Å². The number of benzene rings is 3. The molecule has 0 radical (unpaired) electrons. The van der Waals surface area contributed by atoms with Crippen molar-refractivity contribution in [1.29, 1.82) is 0 Å². The zero-order valence-electron chi connectivity index (χ0n) is 21.3. The minimum absolute atomic E-state index is 0.0465. The third-order valence-electron chi connectivity index (χ3n) is 6.08. The number of hydrogen-bond acceptors (Lipinski definition) is 2. The van der Waals surface area contributed by atoms with E-state index in [0.29, 0.717) is 0 Å².